The van der Waals surface area contributed by atoms with E-state index in [4.69, 9.17) is 4.74 Å². The molecule has 13 heavy (non-hydrogen) atoms. The number of methoxy groups -OCH3 is 1. The number of hydrogen-bond acceptors (Lipinski definition) is 2. The van der Waals surface area contributed by atoms with Crippen LogP contribution in [0.4, 0.5) is 0 Å². The van der Waals surface area contributed by atoms with Gasteiger partial charge in [0.2, 0.25) is 0 Å². The van der Waals surface area contributed by atoms with Gasteiger partial charge in [-0.25, -0.2) is 0 Å². The first-order valence-corrected chi connectivity index (χ1v) is 3.82. The molecule has 0 rings (SSSR count). The highest BCUT2D eigenvalue weighted by atomic mass is 16.5. The molecule has 0 spiro atoms. The average molecular weight is 190 g/mol. The Hall–Kier alpha value is -0.530. The second kappa shape index (κ2) is 5.25. The van der Waals surface area contributed by atoms with Gasteiger partial charge in [-0.15, -0.1) is 0 Å². The minimum absolute atomic E-state index is 0. The van der Waals surface area contributed by atoms with E-state index in [1.807, 2.05) is 34.6 Å². The van der Waals surface area contributed by atoms with Crippen molar-refractivity contribution in [2.24, 2.45) is 10.8 Å². The third-order valence-electron chi connectivity index (χ3n) is 2.57. The van der Waals surface area contributed by atoms with Crippen LogP contribution in [0.15, 0.2) is 0 Å². The van der Waals surface area contributed by atoms with Crippen molar-refractivity contribution < 1.29 is 9.53 Å². The lowest BCUT2D eigenvalue weighted by atomic mass is 9.69. The number of carbonyl (C=O) groups is 1. The quantitative estimate of drug-likeness (QED) is 0.591. The average Bonchev–Trinajstić information content (AvgIpc) is 1.83. The van der Waals surface area contributed by atoms with Gasteiger partial charge in [-0.1, -0.05) is 35.6 Å². The number of ether oxygens (including phenoxy) is 1. The molecule has 0 aliphatic carbocycles. The predicted molar refractivity (Wildman–Crippen MR) is 58.7 cm³/mol. The molecule has 0 aromatic heterocycles. The van der Waals surface area contributed by atoms with Crippen molar-refractivity contribution in [1.82, 2.24) is 0 Å². The Morgan fingerprint density at radius 3 is 1.38 bits per heavy atom. The van der Waals surface area contributed by atoms with E-state index in [-0.39, 0.29) is 26.2 Å². The third kappa shape index (κ3) is 3.79. The zero-order valence-corrected chi connectivity index (χ0v) is 8.32. The Labute approximate surface area is 83.7 Å². The number of carbonyl (C=O) groups excluding carboxylic acids is 1. The molecular weight excluding hydrogens is 164 g/mol. The van der Waals surface area contributed by atoms with Crippen molar-refractivity contribution >= 4 is 5.97 Å². The highest BCUT2D eigenvalue weighted by Gasteiger charge is 2.40. The van der Waals surface area contributed by atoms with Gasteiger partial charge < -0.3 is 4.74 Å². The summed E-state index contributed by atoms with van der Waals surface area (Å²) in [7, 11) is 1.43. The summed E-state index contributed by atoms with van der Waals surface area (Å²) < 4.78 is 4.70. The molecule has 0 fully saturated rings. The Bertz CT molecular complexity index is 152. The Morgan fingerprint density at radius 1 is 1.00 bits per heavy atom. The van der Waals surface area contributed by atoms with Gasteiger partial charge in [0.05, 0.1) is 12.5 Å². The van der Waals surface area contributed by atoms with Crippen LogP contribution in [-0.2, 0) is 9.53 Å². The van der Waals surface area contributed by atoms with E-state index < -0.39 is 5.41 Å². The monoisotopic (exact) mass is 190 g/mol. The van der Waals surface area contributed by atoms with Crippen molar-refractivity contribution in [3.8, 4) is 0 Å². The molecule has 0 aromatic rings. The second-order valence-electron chi connectivity index (χ2n) is 4.37. The molecule has 0 unspecified atom stereocenters. The summed E-state index contributed by atoms with van der Waals surface area (Å²) in [6.07, 6.45) is 0. The van der Waals surface area contributed by atoms with Crippen LogP contribution < -0.4 is 0 Å². The lowest BCUT2D eigenvalue weighted by Crippen LogP contribution is -2.38. The molecule has 0 aliphatic heterocycles. The molecule has 0 amide bonds. The summed E-state index contributed by atoms with van der Waals surface area (Å²) in [5.74, 6) is -0.148. The lowest BCUT2D eigenvalue weighted by Gasteiger charge is -2.35. The molecule has 0 bridgehead atoms. The maximum absolute atomic E-state index is 11.3. The fraction of sp³-hybridized carbons (Fsp3) is 0.909. The van der Waals surface area contributed by atoms with E-state index in [2.05, 4.69) is 0 Å². The zero-order chi connectivity index (χ0) is 9.28. The van der Waals surface area contributed by atoms with Crippen LogP contribution in [0.3, 0.4) is 0 Å². The minimum Gasteiger partial charge on any atom is -0.469 e. The molecule has 0 heterocycles. The van der Waals surface area contributed by atoms with Crippen molar-refractivity contribution in [2.45, 2.75) is 49.5 Å². The van der Waals surface area contributed by atoms with E-state index in [9.17, 15) is 4.79 Å². The van der Waals surface area contributed by atoms with Crippen LogP contribution in [0.25, 0.3) is 0 Å². The van der Waals surface area contributed by atoms with E-state index in [1.54, 1.807) is 0 Å². The highest BCUT2D eigenvalue weighted by molar-refractivity contribution is 5.76. The van der Waals surface area contributed by atoms with Crippen molar-refractivity contribution in [2.75, 3.05) is 7.11 Å². The second-order valence-corrected chi connectivity index (χ2v) is 4.37. The van der Waals surface area contributed by atoms with Gasteiger partial charge in [-0.05, 0) is 19.3 Å². The molecule has 2 heteroatoms. The summed E-state index contributed by atoms with van der Waals surface area (Å²) in [6, 6.07) is 0. The molecule has 82 valence electrons. The van der Waals surface area contributed by atoms with E-state index in [1.165, 1.54) is 7.11 Å². The van der Waals surface area contributed by atoms with Gasteiger partial charge >= 0.3 is 5.97 Å². The van der Waals surface area contributed by atoms with E-state index >= 15 is 0 Å². The first-order valence-electron chi connectivity index (χ1n) is 3.82. The third-order valence-corrected chi connectivity index (χ3v) is 2.57. The fourth-order valence-electron chi connectivity index (χ4n) is 0.561. The van der Waals surface area contributed by atoms with E-state index in [0.29, 0.717) is 0 Å². The molecule has 0 atom stereocenters. The van der Waals surface area contributed by atoms with Crippen LogP contribution in [0.5, 0.6) is 0 Å². The van der Waals surface area contributed by atoms with Crippen molar-refractivity contribution in [1.29, 1.82) is 0 Å². The Kier molecular flexibility index (Phi) is 7.39. The number of esters is 1. The van der Waals surface area contributed by atoms with Crippen LogP contribution in [0, 0.1) is 10.8 Å². The highest BCUT2D eigenvalue weighted by Crippen LogP contribution is 2.38. The molecule has 0 N–H and O–H groups in total. The first kappa shape index (κ1) is 18.3. The number of hydrogen-bond donors (Lipinski definition) is 0. The maximum atomic E-state index is 11.3. The van der Waals surface area contributed by atoms with Crippen molar-refractivity contribution in [3.05, 3.63) is 0 Å². The zero-order valence-electron chi connectivity index (χ0n) is 8.32. The van der Waals surface area contributed by atoms with Crippen LogP contribution >= 0.6 is 0 Å². The molecule has 0 aromatic carbocycles. The normalized spacial score (nSPS) is 10.9. The molecule has 0 saturated heterocycles. The number of rotatable bonds is 1. The topological polar surface area (TPSA) is 26.3 Å². The first-order chi connectivity index (χ1) is 4.73. The molecule has 0 aliphatic rings. The van der Waals surface area contributed by atoms with Crippen LogP contribution in [-0.4, -0.2) is 13.1 Å². The fourth-order valence-corrected chi connectivity index (χ4v) is 0.561. The molecule has 2 nitrogen and oxygen atoms in total. The summed E-state index contributed by atoms with van der Waals surface area (Å²) in [4.78, 5) is 11.3. The minimum atomic E-state index is -0.415. The summed E-state index contributed by atoms with van der Waals surface area (Å²) in [6.45, 7) is 9.90. The Balaban J connectivity index is -0.000000500. The predicted octanol–water partition coefficient (Wildman–Crippen LogP) is 3.50. The van der Waals surface area contributed by atoms with Gasteiger partial charge in [-0.2, -0.15) is 0 Å². The lowest BCUT2D eigenvalue weighted by molar-refractivity contribution is -0.156. The summed E-state index contributed by atoms with van der Waals surface area (Å²) in [5, 5.41) is 0. The SMILES string of the molecule is C.C.COC(=O)C(C)(C)C(C)(C)C. The van der Waals surface area contributed by atoms with E-state index in [0.717, 1.165) is 0 Å². The largest absolute Gasteiger partial charge is 0.469 e. The molecular formula is C11H26O2. The van der Waals surface area contributed by atoms with Gasteiger partial charge in [0.1, 0.15) is 0 Å². The maximum Gasteiger partial charge on any atom is 0.311 e. The summed E-state index contributed by atoms with van der Waals surface area (Å²) in [5.41, 5.74) is -0.470. The smallest absolute Gasteiger partial charge is 0.311 e. The Morgan fingerprint density at radius 2 is 1.31 bits per heavy atom. The molecule has 0 radical (unpaired) electrons. The van der Waals surface area contributed by atoms with Gasteiger partial charge in [0, 0.05) is 0 Å². The van der Waals surface area contributed by atoms with Crippen LogP contribution in [0.1, 0.15) is 49.5 Å². The van der Waals surface area contributed by atoms with Gasteiger partial charge in [0.15, 0.2) is 0 Å². The van der Waals surface area contributed by atoms with Crippen LogP contribution in [0.2, 0.25) is 0 Å². The molecule has 0 saturated carbocycles. The van der Waals surface area contributed by atoms with Gasteiger partial charge in [-0.3, -0.25) is 4.79 Å². The van der Waals surface area contributed by atoms with Crippen molar-refractivity contribution in [3.63, 3.8) is 0 Å². The van der Waals surface area contributed by atoms with Gasteiger partial charge in [0.25, 0.3) is 0 Å². The summed E-state index contributed by atoms with van der Waals surface area (Å²) >= 11 is 0. The standard InChI is InChI=1S/C9H18O2.2CH4/c1-8(2,3)9(4,5)7(10)11-6;;/h1-6H3;2*1H4.